The molecule has 1 amide bonds. The number of hydrogen-bond acceptors (Lipinski definition) is 5. The number of amides is 1. The Labute approximate surface area is 134 Å². The van der Waals surface area contributed by atoms with Crippen LogP contribution < -0.4 is 0 Å². The number of aryl methyl sites for hydroxylation is 2. The number of carbonyl (C=O) groups excluding carboxylic acids is 1. The number of carbonyl (C=O) groups is 1. The fourth-order valence-corrected chi connectivity index (χ4v) is 5.46. The highest BCUT2D eigenvalue weighted by Crippen LogP contribution is 2.32. The normalized spacial score (nSPS) is 25.7. The predicted octanol–water partition coefficient (Wildman–Crippen LogP) is 2.75. The van der Waals surface area contributed by atoms with Gasteiger partial charge in [-0.25, -0.2) is 4.98 Å². The third-order valence-corrected chi connectivity index (χ3v) is 6.60. The van der Waals surface area contributed by atoms with E-state index in [0.717, 1.165) is 60.4 Å². The quantitative estimate of drug-likeness (QED) is 0.856. The maximum absolute atomic E-state index is 12.9. The first-order valence-electron chi connectivity index (χ1n) is 7.67. The van der Waals surface area contributed by atoms with Gasteiger partial charge in [0.15, 0.2) is 0 Å². The van der Waals surface area contributed by atoms with E-state index in [0.29, 0.717) is 11.3 Å². The molecule has 0 radical (unpaired) electrons. The van der Waals surface area contributed by atoms with E-state index in [1.807, 2.05) is 18.7 Å². The molecule has 1 aromatic rings. The van der Waals surface area contributed by atoms with Crippen molar-refractivity contribution in [3.8, 4) is 0 Å². The molecule has 3 rings (SSSR count). The molecule has 0 aliphatic carbocycles. The van der Waals surface area contributed by atoms with Crippen LogP contribution in [0.2, 0.25) is 0 Å². The summed E-state index contributed by atoms with van der Waals surface area (Å²) < 4.78 is 5.56. The minimum Gasteiger partial charge on any atom is -0.380 e. The zero-order valence-electron chi connectivity index (χ0n) is 12.6. The molecule has 0 N–H and O–H groups in total. The fraction of sp³-hybridized carbons (Fsp3) is 0.733. The third kappa shape index (κ3) is 3.12. The summed E-state index contributed by atoms with van der Waals surface area (Å²) in [7, 11) is 0. The Morgan fingerprint density at radius 1 is 1.52 bits per heavy atom. The molecule has 2 saturated heterocycles. The molecule has 2 fully saturated rings. The molecule has 0 aromatic carbocycles. The van der Waals surface area contributed by atoms with Crippen LogP contribution >= 0.6 is 23.1 Å². The Kier molecular flexibility index (Phi) is 4.86. The number of fused-ring (bicyclic) bond motifs is 1. The van der Waals surface area contributed by atoms with E-state index in [-0.39, 0.29) is 5.91 Å². The van der Waals surface area contributed by atoms with Crippen molar-refractivity contribution in [1.82, 2.24) is 9.88 Å². The van der Waals surface area contributed by atoms with Gasteiger partial charge in [0.2, 0.25) is 0 Å². The lowest BCUT2D eigenvalue weighted by Crippen LogP contribution is -2.54. The highest BCUT2D eigenvalue weighted by molar-refractivity contribution is 8.00. The molecule has 6 heteroatoms. The van der Waals surface area contributed by atoms with Gasteiger partial charge in [-0.05, 0) is 26.2 Å². The van der Waals surface area contributed by atoms with Crippen molar-refractivity contribution in [3.63, 3.8) is 0 Å². The van der Waals surface area contributed by atoms with Gasteiger partial charge in [-0.2, -0.15) is 11.8 Å². The zero-order chi connectivity index (χ0) is 14.8. The number of ether oxygens (including phenoxy) is 1. The minimum absolute atomic E-state index is 0.185. The molecular formula is C15H22N2O2S2. The van der Waals surface area contributed by atoms with E-state index < -0.39 is 0 Å². The van der Waals surface area contributed by atoms with Crippen LogP contribution in [0.4, 0.5) is 0 Å². The van der Waals surface area contributed by atoms with E-state index in [2.05, 4.69) is 16.8 Å². The molecule has 0 saturated carbocycles. The summed E-state index contributed by atoms with van der Waals surface area (Å²) in [5.41, 5.74) is 0.898. The van der Waals surface area contributed by atoms with Gasteiger partial charge < -0.3 is 9.64 Å². The maximum Gasteiger partial charge on any atom is 0.266 e. The van der Waals surface area contributed by atoms with E-state index >= 15 is 0 Å². The van der Waals surface area contributed by atoms with Crippen molar-refractivity contribution in [2.75, 3.05) is 25.5 Å². The minimum atomic E-state index is 0.185. The fourth-order valence-electron chi connectivity index (χ4n) is 3.04. The summed E-state index contributed by atoms with van der Waals surface area (Å²) in [6.45, 7) is 6.51. The largest absolute Gasteiger partial charge is 0.380 e. The molecule has 3 heterocycles. The maximum atomic E-state index is 12.9. The molecular weight excluding hydrogens is 304 g/mol. The van der Waals surface area contributed by atoms with Crippen molar-refractivity contribution in [1.29, 1.82) is 0 Å². The molecule has 2 atom stereocenters. The highest BCUT2D eigenvalue weighted by atomic mass is 32.2. The molecule has 116 valence electrons. The van der Waals surface area contributed by atoms with Gasteiger partial charge in [0.05, 0.1) is 17.3 Å². The second kappa shape index (κ2) is 6.67. The monoisotopic (exact) mass is 326 g/mol. The van der Waals surface area contributed by atoms with Gasteiger partial charge in [0.25, 0.3) is 5.91 Å². The zero-order valence-corrected chi connectivity index (χ0v) is 14.3. The number of thiazole rings is 1. The smallest absolute Gasteiger partial charge is 0.266 e. The second-order valence-corrected chi connectivity index (χ2v) is 8.04. The van der Waals surface area contributed by atoms with Crippen LogP contribution in [0.5, 0.6) is 0 Å². The average Bonchev–Trinajstić information content (AvgIpc) is 2.87. The summed E-state index contributed by atoms with van der Waals surface area (Å²) in [5.74, 6) is 1.19. The lowest BCUT2D eigenvalue weighted by Gasteiger charge is -2.43. The number of hydrogen-bond donors (Lipinski definition) is 0. The van der Waals surface area contributed by atoms with E-state index in [4.69, 9.17) is 4.74 Å². The third-order valence-electron chi connectivity index (χ3n) is 4.09. The summed E-state index contributed by atoms with van der Waals surface area (Å²) in [4.78, 5) is 20.4. The standard InChI is InChI=1S/C15H22N2O2S2/c1-3-4-13-16-10(2)14(21-13)15(18)17-6-8-20-12-9-19-7-5-11(12)17/h11-12H,3-9H2,1-2H3/t11-,12-/m0/s1. The van der Waals surface area contributed by atoms with Crippen molar-refractivity contribution < 1.29 is 9.53 Å². The van der Waals surface area contributed by atoms with Crippen LogP contribution in [0.3, 0.4) is 0 Å². The van der Waals surface area contributed by atoms with Crippen LogP contribution in [-0.2, 0) is 11.2 Å². The van der Waals surface area contributed by atoms with Gasteiger partial charge >= 0.3 is 0 Å². The lowest BCUT2D eigenvalue weighted by molar-refractivity contribution is 0.0321. The number of nitrogens with zero attached hydrogens (tertiary/aromatic N) is 2. The predicted molar refractivity (Wildman–Crippen MR) is 87.4 cm³/mol. The molecule has 1 aromatic heterocycles. The molecule has 2 aliphatic rings. The molecule has 21 heavy (non-hydrogen) atoms. The molecule has 0 bridgehead atoms. The summed E-state index contributed by atoms with van der Waals surface area (Å²) in [5, 5.41) is 1.54. The average molecular weight is 326 g/mol. The van der Waals surface area contributed by atoms with Crippen molar-refractivity contribution >= 4 is 29.0 Å². The van der Waals surface area contributed by atoms with Crippen LogP contribution in [0.1, 0.15) is 40.1 Å². The first-order chi connectivity index (χ1) is 10.2. The Balaban J connectivity index is 1.80. The number of thioether (sulfide) groups is 1. The van der Waals surface area contributed by atoms with E-state index in [1.165, 1.54) is 0 Å². The first-order valence-corrected chi connectivity index (χ1v) is 9.54. The SMILES string of the molecule is CCCc1nc(C)c(C(=O)N2CCS[C@H]3COCC[C@@H]32)s1. The Morgan fingerprint density at radius 2 is 2.38 bits per heavy atom. The lowest BCUT2D eigenvalue weighted by atomic mass is 10.1. The van der Waals surface area contributed by atoms with Crippen molar-refractivity contribution in [2.24, 2.45) is 0 Å². The Morgan fingerprint density at radius 3 is 3.19 bits per heavy atom. The topological polar surface area (TPSA) is 42.4 Å². The molecule has 4 nitrogen and oxygen atoms in total. The highest BCUT2D eigenvalue weighted by Gasteiger charge is 2.38. The van der Waals surface area contributed by atoms with Gasteiger partial charge in [0.1, 0.15) is 4.88 Å². The van der Waals surface area contributed by atoms with E-state index in [9.17, 15) is 4.79 Å². The summed E-state index contributed by atoms with van der Waals surface area (Å²) in [6, 6.07) is 0.334. The summed E-state index contributed by atoms with van der Waals surface area (Å²) >= 11 is 3.53. The van der Waals surface area contributed by atoms with Crippen LogP contribution in [0.25, 0.3) is 0 Å². The van der Waals surface area contributed by atoms with Crippen molar-refractivity contribution in [2.45, 2.75) is 44.4 Å². The molecule has 0 spiro atoms. The van der Waals surface area contributed by atoms with E-state index in [1.54, 1.807) is 11.3 Å². The van der Waals surface area contributed by atoms with Crippen LogP contribution in [0.15, 0.2) is 0 Å². The Bertz CT molecular complexity index is 516. The van der Waals surface area contributed by atoms with Crippen LogP contribution in [0, 0.1) is 6.92 Å². The number of rotatable bonds is 3. The van der Waals surface area contributed by atoms with Crippen LogP contribution in [-0.4, -0.2) is 52.6 Å². The molecule has 0 unspecified atom stereocenters. The van der Waals surface area contributed by atoms with Gasteiger partial charge in [-0.1, -0.05) is 6.92 Å². The van der Waals surface area contributed by atoms with Gasteiger partial charge in [-0.3, -0.25) is 4.79 Å². The Hall–Kier alpha value is -0.590. The summed E-state index contributed by atoms with van der Waals surface area (Å²) in [6.07, 6.45) is 3.00. The number of aromatic nitrogens is 1. The second-order valence-electron chi connectivity index (χ2n) is 5.61. The van der Waals surface area contributed by atoms with Gasteiger partial charge in [-0.15, -0.1) is 11.3 Å². The first kappa shape index (κ1) is 15.3. The molecule has 2 aliphatic heterocycles. The van der Waals surface area contributed by atoms with Crippen molar-refractivity contribution in [3.05, 3.63) is 15.6 Å². The van der Waals surface area contributed by atoms with Gasteiger partial charge in [0, 0.05) is 30.2 Å².